The number of carbonyl (C=O) groups is 1. The minimum absolute atomic E-state index is 0.198. The lowest BCUT2D eigenvalue weighted by Crippen LogP contribution is -2.16. The van der Waals surface area contributed by atoms with E-state index in [1.165, 1.54) is 12.1 Å². The van der Waals surface area contributed by atoms with Crippen LogP contribution in [0.25, 0.3) is 0 Å². The molecule has 2 rings (SSSR count). The summed E-state index contributed by atoms with van der Waals surface area (Å²) in [6, 6.07) is 11.6. The smallest absolute Gasteiger partial charge is 0.315 e. The van der Waals surface area contributed by atoms with Gasteiger partial charge in [0.05, 0.1) is 0 Å². The van der Waals surface area contributed by atoms with Crippen molar-refractivity contribution in [2.24, 2.45) is 0 Å². The van der Waals surface area contributed by atoms with E-state index in [0.29, 0.717) is 5.56 Å². The first-order chi connectivity index (χ1) is 9.00. The summed E-state index contributed by atoms with van der Waals surface area (Å²) < 4.78 is 13.9. The van der Waals surface area contributed by atoms with Crippen LogP contribution in [0.15, 0.2) is 42.5 Å². The SMILES string of the molecule is Cc1ccc(C)c(C(C(=O)O)c2ccccc2F)c1. The zero-order chi connectivity index (χ0) is 14.0. The van der Waals surface area contributed by atoms with Gasteiger partial charge in [-0.2, -0.15) is 0 Å². The van der Waals surface area contributed by atoms with Crippen molar-refractivity contribution in [3.05, 3.63) is 70.5 Å². The number of hydrogen-bond donors (Lipinski definition) is 1. The number of hydrogen-bond acceptors (Lipinski definition) is 1. The topological polar surface area (TPSA) is 37.3 Å². The third-order valence-corrected chi connectivity index (χ3v) is 3.21. The molecule has 0 spiro atoms. The zero-order valence-electron chi connectivity index (χ0n) is 10.9. The van der Waals surface area contributed by atoms with Gasteiger partial charge >= 0.3 is 5.97 Å². The number of carboxylic acid groups (broad SMARTS) is 1. The van der Waals surface area contributed by atoms with E-state index in [4.69, 9.17) is 0 Å². The second kappa shape index (κ2) is 5.22. The highest BCUT2D eigenvalue weighted by Crippen LogP contribution is 2.30. The van der Waals surface area contributed by atoms with Gasteiger partial charge in [0.15, 0.2) is 0 Å². The first-order valence-corrected chi connectivity index (χ1v) is 6.05. The quantitative estimate of drug-likeness (QED) is 0.912. The van der Waals surface area contributed by atoms with E-state index in [9.17, 15) is 14.3 Å². The predicted molar refractivity (Wildman–Crippen MR) is 71.8 cm³/mol. The van der Waals surface area contributed by atoms with Gasteiger partial charge in [-0.3, -0.25) is 4.79 Å². The molecule has 2 aromatic carbocycles. The Bertz CT molecular complexity index is 620. The standard InChI is InChI=1S/C16H15FO2/c1-10-7-8-11(2)13(9-10)15(16(18)19)12-5-3-4-6-14(12)17/h3-9,15H,1-2H3,(H,18,19). The van der Waals surface area contributed by atoms with Crippen LogP contribution in [0.5, 0.6) is 0 Å². The summed E-state index contributed by atoms with van der Waals surface area (Å²) in [7, 11) is 0. The number of halogens is 1. The number of aryl methyl sites for hydroxylation is 2. The van der Waals surface area contributed by atoms with E-state index in [1.807, 2.05) is 26.0 Å². The molecule has 1 atom stereocenters. The van der Waals surface area contributed by atoms with Gasteiger partial charge in [-0.15, -0.1) is 0 Å². The zero-order valence-corrected chi connectivity index (χ0v) is 10.9. The summed E-state index contributed by atoms with van der Waals surface area (Å²) in [4.78, 5) is 11.5. The van der Waals surface area contributed by atoms with Gasteiger partial charge in [0, 0.05) is 5.56 Å². The molecular weight excluding hydrogens is 243 g/mol. The lowest BCUT2D eigenvalue weighted by Gasteiger charge is -2.17. The van der Waals surface area contributed by atoms with Gasteiger partial charge in [-0.25, -0.2) is 4.39 Å². The molecule has 2 aromatic rings. The molecule has 1 unspecified atom stereocenters. The number of carboxylic acids is 1. The van der Waals surface area contributed by atoms with E-state index in [1.54, 1.807) is 18.2 Å². The van der Waals surface area contributed by atoms with Gasteiger partial charge in [0.25, 0.3) is 0 Å². The van der Waals surface area contributed by atoms with E-state index >= 15 is 0 Å². The van der Waals surface area contributed by atoms with Crippen LogP contribution in [0.1, 0.15) is 28.2 Å². The van der Waals surface area contributed by atoms with Gasteiger partial charge in [-0.1, -0.05) is 42.0 Å². The Balaban J connectivity index is 2.62. The van der Waals surface area contributed by atoms with Gasteiger partial charge in [0.1, 0.15) is 11.7 Å². The summed E-state index contributed by atoms with van der Waals surface area (Å²) in [6.45, 7) is 3.73. The fourth-order valence-electron chi connectivity index (χ4n) is 2.21. The predicted octanol–water partition coefficient (Wildman–Crippen LogP) is 3.66. The molecule has 19 heavy (non-hydrogen) atoms. The van der Waals surface area contributed by atoms with Crippen molar-refractivity contribution in [3.63, 3.8) is 0 Å². The van der Waals surface area contributed by atoms with Crippen LogP contribution < -0.4 is 0 Å². The molecule has 2 nitrogen and oxygen atoms in total. The first-order valence-electron chi connectivity index (χ1n) is 6.05. The maximum atomic E-state index is 13.9. The third kappa shape index (κ3) is 2.65. The molecule has 0 bridgehead atoms. The van der Waals surface area contributed by atoms with Crippen molar-refractivity contribution in [1.29, 1.82) is 0 Å². The van der Waals surface area contributed by atoms with Crippen LogP contribution in [0.3, 0.4) is 0 Å². The lowest BCUT2D eigenvalue weighted by molar-refractivity contribution is -0.137. The molecule has 0 saturated carbocycles. The highest BCUT2D eigenvalue weighted by molar-refractivity contribution is 5.81. The van der Waals surface area contributed by atoms with Gasteiger partial charge in [0.2, 0.25) is 0 Å². The van der Waals surface area contributed by atoms with Crippen LogP contribution in [0.4, 0.5) is 4.39 Å². The summed E-state index contributed by atoms with van der Waals surface area (Å²) in [5, 5.41) is 9.45. The van der Waals surface area contributed by atoms with Crippen LogP contribution in [-0.2, 0) is 4.79 Å². The Morgan fingerprint density at radius 2 is 1.79 bits per heavy atom. The van der Waals surface area contributed by atoms with E-state index in [-0.39, 0.29) is 5.56 Å². The normalized spacial score (nSPS) is 12.2. The van der Waals surface area contributed by atoms with Crippen molar-refractivity contribution in [3.8, 4) is 0 Å². The van der Waals surface area contributed by atoms with Crippen LogP contribution >= 0.6 is 0 Å². The van der Waals surface area contributed by atoms with Gasteiger partial charge in [-0.05, 0) is 31.0 Å². The molecule has 0 heterocycles. The molecule has 0 aromatic heterocycles. The van der Waals surface area contributed by atoms with E-state index in [2.05, 4.69) is 0 Å². The Kier molecular flexibility index (Phi) is 3.65. The Morgan fingerprint density at radius 3 is 2.42 bits per heavy atom. The summed E-state index contributed by atoms with van der Waals surface area (Å²) >= 11 is 0. The van der Waals surface area contributed by atoms with Crippen molar-refractivity contribution in [1.82, 2.24) is 0 Å². The highest BCUT2D eigenvalue weighted by atomic mass is 19.1. The number of aliphatic carboxylic acids is 1. The number of rotatable bonds is 3. The average Bonchev–Trinajstić information content (AvgIpc) is 2.36. The minimum Gasteiger partial charge on any atom is -0.481 e. The Labute approximate surface area is 111 Å². The maximum Gasteiger partial charge on any atom is 0.315 e. The largest absolute Gasteiger partial charge is 0.481 e. The van der Waals surface area contributed by atoms with Gasteiger partial charge < -0.3 is 5.11 Å². The fraction of sp³-hybridized carbons (Fsp3) is 0.188. The van der Waals surface area contributed by atoms with Crippen molar-refractivity contribution >= 4 is 5.97 Å². The van der Waals surface area contributed by atoms with Crippen LogP contribution in [0.2, 0.25) is 0 Å². The molecule has 0 radical (unpaired) electrons. The highest BCUT2D eigenvalue weighted by Gasteiger charge is 2.26. The second-order valence-electron chi connectivity index (χ2n) is 4.65. The second-order valence-corrected chi connectivity index (χ2v) is 4.65. The van der Waals surface area contributed by atoms with Crippen molar-refractivity contribution in [2.75, 3.05) is 0 Å². The maximum absolute atomic E-state index is 13.9. The minimum atomic E-state index is -1.04. The van der Waals surface area contributed by atoms with Crippen molar-refractivity contribution < 1.29 is 14.3 Å². The van der Waals surface area contributed by atoms with Crippen LogP contribution in [-0.4, -0.2) is 11.1 Å². The lowest BCUT2D eigenvalue weighted by atomic mass is 9.87. The third-order valence-electron chi connectivity index (χ3n) is 3.21. The molecule has 1 N–H and O–H groups in total. The molecular formula is C16H15FO2. The Morgan fingerprint density at radius 1 is 1.11 bits per heavy atom. The van der Waals surface area contributed by atoms with Crippen LogP contribution in [0, 0.1) is 19.7 Å². The summed E-state index contributed by atoms with van der Waals surface area (Å²) in [5.74, 6) is -2.50. The van der Waals surface area contributed by atoms with E-state index in [0.717, 1.165) is 11.1 Å². The molecule has 0 fully saturated rings. The molecule has 3 heteroatoms. The molecule has 0 aliphatic carbocycles. The first kappa shape index (κ1) is 13.3. The number of benzene rings is 2. The molecule has 0 aliphatic heterocycles. The monoisotopic (exact) mass is 258 g/mol. The summed E-state index contributed by atoms with van der Waals surface area (Å²) in [6.07, 6.45) is 0. The van der Waals surface area contributed by atoms with E-state index < -0.39 is 17.7 Å². The van der Waals surface area contributed by atoms with Crippen molar-refractivity contribution in [2.45, 2.75) is 19.8 Å². The molecule has 0 saturated heterocycles. The summed E-state index contributed by atoms with van der Waals surface area (Å²) in [5.41, 5.74) is 2.64. The molecule has 0 aliphatic rings. The Hall–Kier alpha value is -2.16. The average molecular weight is 258 g/mol. The molecule has 98 valence electrons. The fourth-order valence-corrected chi connectivity index (χ4v) is 2.21. The molecule has 0 amide bonds.